The normalized spacial score (nSPS) is 16.1. The molecule has 32 heavy (non-hydrogen) atoms. The van der Waals surface area contributed by atoms with Crippen molar-refractivity contribution >= 4 is 23.3 Å². The van der Waals surface area contributed by atoms with Gasteiger partial charge in [0, 0.05) is 42.3 Å². The predicted molar refractivity (Wildman–Crippen MR) is 124 cm³/mol. The van der Waals surface area contributed by atoms with Crippen molar-refractivity contribution < 1.29 is 14.3 Å². The second-order valence-corrected chi connectivity index (χ2v) is 8.16. The maximum atomic E-state index is 13.0. The molecule has 166 valence electrons. The van der Waals surface area contributed by atoms with Gasteiger partial charge in [-0.15, -0.1) is 0 Å². The number of aromatic nitrogens is 2. The van der Waals surface area contributed by atoms with Gasteiger partial charge in [0.1, 0.15) is 23.6 Å². The molecule has 1 aromatic heterocycles. The van der Waals surface area contributed by atoms with E-state index in [-0.39, 0.29) is 11.9 Å². The Kier molecular flexibility index (Phi) is 6.46. The summed E-state index contributed by atoms with van der Waals surface area (Å²) in [5, 5.41) is 0.691. The van der Waals surface area contributed by atoms with E-state index in [4.69, 9.17) is 21.1 Å². The van der Waals surface area contributed by atoms with Crippen molar-refractivity contribution in [2.75, 3.05) is 31.6 Å². The molecule has 7 nitrogen and oxygen atoms in total. The number of rotatable bonds is 5. The number of hydrogen-bond donors (Lipinski definition) is 0. The number of nitrogens with zero attached hydrogens (tertiary/aromatic N) is 4. The van der Waals surface area contributed by atoms with Crippen molar-refractivity contribution in [3.8, 4) is 17.4 Å². The molecule has 0 N–H and O–H groups in total. The number of anilines is 1. The molecule has 2 heterocycles. The number of aryl methyl sites for hydroxylation is 1. The third kappa shape index (κ3) is 4.78. The van der Waals surface area contributed by atoms with Gasteiger partial charge in [0.25, 0.3) is 5.91 Å². The van der Waals surface area contributed by atoms with E-state index in [0.717, 1.165) is 17.1 Å². The van der Waals surface area contributed by atoms with Gasteiger partial charge in [0.05, 0.1) is 7.11 Å². The first kappa shape index (κ1) is 21.9. The van der Waals surface area contributed by atoms with Crippen molar-refractivity contribution in [3.05, 3.63) is 71.0 Å². The molecule has 1 amide bonds. The van der Waals surface area contributed by atoms with Crippen LogP contribution in [0.25, 0.3) is 0 Å². The SMILES string of the molecule is COc1ccc(C(=O)N2CCN(c3cc(Oc4ccc(Cl)c(C)c4)ncn3)C[C@@H]2C)cc1. The second-order valence-electron chi connectivity index (χ2n) is 7.75. The van der Waals surface area contributed by atoms with E-state index in [9.17, 15) is 4.79 Å². The van der Waals surface area contributed by atoms with E-state index in [2.05, 4.69) is 14.9 Å². The van der Waals surface area contributed by atoms with Crippen molar-refractivity contribution in [1.82, 2.24) is 14.9 Å². The van der Waals surface area contributed by atoms with Gasteiger partial charge in [0.2, 0.25) is 5.88 Å². The maximum absolute atomic E-state index is 13.0. The summed E-state index contributed by atoms with van der Waals surface area (Å²) in [7, 11) is 1.61. The van der Waals surface area contributed by atoms with E-state index < -0.39 is 0 Å². The van der Waals surface area contributed by atoms with Crippen LogP contribution in [0.2, 0.25) is 5.02 Å². The highest BCUT2D eigenvalue weighted by Gasteiger charge is 2.29. The zero-order valence-corrected chi connectivity index (χ0v) is 19.0. The van der Waals surface area contributed by atoms with Crippen LogP contribution >= 0.6 is 11.6 Å². The summed E-state index contributed by atoms with van der Waals surface area (Å²) < 4.78 is 11.1. The van der Waals surface area contributed by atoms with E-state index in [1.54, 1.807) is 37.4 Å². The quantitative estimate of drug-likeness (QED) is 0.564. The zero-order chi connectivity index (χ0) is 22.7. The van der Waals surface area contributed by atoms with Crippen LogP contribution in [0.1, 0.15) is 22.8 Å². The van der Waals surface area contributed by atoms with Gasteiger partial charge in [0.15, 0.2) is 0 Å². The molecule has 0 unspecified atom stereocenters. The van der Waals surface area contributed by atoms with Gasteiger partial charge in [-0.05, 0) is 61.9 Å². The zero-order valence-electron chi connectivity index (χ0n) is 18.3. The van der Waals surface area contributed by atoms with Gasteiger partial charge >= 0.3 is 0 Å². The Bertz CT molecular complexity index is 1110. The van der Waals surface area contributed by atoms with Gasteiger partial charge < -0.3 is 19.3 Å². The van der Waals surface area contributed by atoms with Crippen LogP contribution in [-0.4, -0.2) is 53.6 Å². The van der Waals surface area contributed by atoms with E-state index in [1.807, 2.05) is 36.9 Å². The summed E-state index contributed by atoms with van der Waals surface area (Å²) in [5.74, 6) is 2.64. The average molecular weight is 453 g/mol. The summed E-state index contributed by atoms with van der Waals surface area (Å²) in [4.78, 5) is 25.7. The molecule has 0 spiro atoms. The fourth-order valence-corrected chi connectivity index (χ4v) is 3.84. The van der Waals surface area contributed by atoms with Crippen LogP contribution in [0.15, 0.2) is 54.9 Å². The number of benzene rings is 2. The van der Waals surface area contributed by atoms with E-state index in [0.29, 0.717) is 41.8 Å². The second kappa shape index (κ2) is 9.44. The minimum absolute atomic E-state index is 0.0182. The van der Waals surface area contributed by atoms with Crippen LogP contribution in [0, 0.1) is 6.92 Å². The molecule has 0 bridgehead atoms. The minimum atomic E-state index is 0.0182. The Hall–Kier alpha value is -3.32. The first-order valence-corrected chi connectivity index (χ1v) is 10.8. The number of methoxy groups -OCH3 is 1. The highest BCUT2D eigenvalue weighted by molar-refractivity contribution is 6.31. The summed E-state index contributed by atoms with van der Waals surface area (Å²) in [6.45, 7) is 5.90. The number of carbonyl (C=O) groups excluding carboxylic acids is 1. The Morgan fingerprint density at radius 2 is 1.81 bits per heavy atom. The lowest BCUT2D eigenvalue weighted by Crippen LogP contribution is -2.54. The molecule has 8 heteroatoms. The molecule has 1 aliphatic heterocycles. The van der Waals surface area contributed by atoms with Crippen LogP contribution in [-0.2, 0) is 0 Å². The van der Waals surface area contributed by atoms with Crippen LogP contribution in [0.4, 0.5) is 5.82 Å². The fourth-order valence-electron chi connectivity index (χ4n) is 3.73. The van der Waals surface area contributed by atoms with Crippen LogP contribution in [0.3, 0.4) is 0 Å². The third-order valence-corrected chi connectivity index (χ3v) is 5.95. The van der Waals surface area contributed by atoms with Gasteiger partial charge in [-0.2, -0.15) is 0 Å². The van der Waals surface area contributed by atoms with Gasteiger partial charge in [-0.1, -0.05) is 11.6 Å². The highest BCUT2D eigenvalue weighted by atomic mass is 35.5. The van der Waals surface area contributed by atoms with Crippen LogP contribution < -0.4 is 14.4 Å². The van der Waals surface area contributed by atoms with E-state index in [1.165, 1.54) is 6.33 Å². The highest BCUT2D eigenvalue weighted by Crippen LogP contribution is 2.27. The Balaban J connectivity index is 1.43. The van der Waals surface area contributed by atoms with Gasteiger partial charge in [-0.25, -0.2) is 9.97 Å². The molecule has 1 fully saturated rings. The molecular weight excluding hydrogens is 428 g/mol. The Morgan fingerprint density at radius 1 is 1.06 bits per heavy atom. The first-order chi connectivity index (χ1) is 15.4. The molecule has 1 saturated heterocycles. The Morgan fingerprint density at radius 3 is 2.50 bits per heavy atom. The maximum Gasteiger partial charge on any atom is 0.254 e. The molecule has 1 atom stereocenters. The Labute approximate surface area is 192 Å². The van der Waals surface area contributed by atoms with Gasteiger partial charge in [-0.3, -0.25) is 4.79 Å². The fraction of sp³-hybridized carbons (Fsp3) is 0.292. The third-order valence-electron chi connectivity index (χ3n) is 5.53. The summed E-state index contributed by atoms with van der Waals surface area (Å²) >= 11 is 6.09. The minimum Gasteiger partial charge on any atom is -0.497 e. The van der Waals surface area contributed by atoms with Crippen LogP contribution in [0.5, 0.6) is 17.4 Å². The van der Waals surface area contributed by atoms with Crippen molar-refractivity contribution in [3.63, 3.8) is 0 Å². The summed E-state index contributed by atoms with van der Waals surface area (Å²) in [5.41, 5.74) is 1.59. The molecular formula is C24H25ClN4O3. The predicted octanol–water partition coefficient (Wildman–Crippen LogP) is 4.59. The lowest BCUT2D eigenvalue weighted by molar-refractivity contribution is 0.0673. The number of carbonyl (C=O) groups is 1. The average Bonchev–Trinajstić information content (AvgIpc) is 2.81. The monoisotopic (exact) mass is 452 g/mol. The molecule has 0 saturated carbocycles. The molecule has 1 aliphatic rings. The first-order valence-electron chi connectivity index (χ1n) is 10.4. The van der Waals surface area contributed by atoms with E-state index >= 15 is 0 Å². The number of hydrogen-bond acceptors (Lipinski definition) is 6. The lowest BCUT2D eigenvalue weighted by Gasteiger charge is -2.40. The van der Waals surface area contributed by atoms with Crippen molar-refractivity contribution in [2.24, 2.45) is 0 Å². The molecule has 4 rings (SSSR count). The number of piperazine rings is 1. The number of ether oxygens (including phenoxy) is 2. The molecule has 3 aromatic rings. The topological polar surface area (TPSA) is 67.8 Å². The molecule has 0 radical (unpaired) electrons. The smallest absolute Gasteiger partial charge is 0.254 e. The van der Waals surface area contributed by atoms with Crippen molar-refractivity contribution in [2.45, 2.75) is 19.9 Å². The number of halogens is 1. The lowest BCUT2D eigenvalue weighted by atomic mass is 10.1. The summed E-state index contributed by atoms with van der Waals surface area (Å²) in [6.07, 6.45) is 1.49. The largest absolute Gasteiger partial charge is 0.497 e. The van der Waals surface area contributed by atoms with Crippen molar-refractivity contribution in [1.29, 1.82) is 0 Å². The number of amides is 1. The molecule has 2 aromatic carbocycles. The standard InChI is InChI=1S/C24H25ClN4O3/c1-16-12-20(8-9-21(16)25)32-23-13-22(26-15-27-23)28-10-11-29(17(2)14-28)24(30)18-4-6-19(31-3)7-5-18/h4-9,12-13,15,17H,10-11,14H2,1-3H3/t17-/m0/s1. The summed E-state index contributed by atoms with van der Waals surface area (Å²) in [6, 6.07) is 14.5. The molecule has 0 aliphatic carbocycles.